The molecular weight excluding hydrogens is 487 g/mol. The molecule has 0 radical (unpaired) electrons. The molecule has 0 spiro atoms. The quantitative estimate of drug-likeness (QED) is 0.346. The van der Waals surface area contributed by atoms with E-state index < -0.39 is 73.0 Å². The Balaban J connectivity index is 2.51. The Morgan fingerprint density at radius 3 is 1.89 bits per heavy atom. The number of hydrogen-bond donors (Lipinski definition) is 0. The molecule has 1 fully saturated rings. The molecule has 0 amide bonds. The topological polar surface area (TPSA) is 150 Å². The molecule has 198 valence electrons. The van der Waals surface area contributed by atoms with Crippen molar-refractivity contribution in [1.29, 1.82) is 0 Å². The van der Waals surface area contributed by atoms with E-state index in [1.165, 1.54) is 13.0 Å². The number of ether oxygens (including phenoxy) is 7. The molecule has 0 aromatic heterocycles. The molecule has 5 atom stereocenters. The number of carbonyl (C=O) groups is 5. The lowest BCUT2D eigenvalue weighted by Crippen LogP contribution is -2.63. The van der Waals surface area contributed by atoms with E-state index in [1.54, 1.807) is 0 Å². The van der Waals surface area contributed by atoms with Crippen molar-refractivity contribution in [3.05, 3.63) is 29.6 Å². The van der Waals surface area contributed by atoms with Crippen LogP contribution in [0.25, 0.3) is 0 Å². The van der Waals surface area contributed by atoms with Crippen LogP contribution >= 0.6 is 0 Å². The Hall–Kier alpha value is -3.74. The molecule has 0 saturated carbocycles. The van der Waals surface area contributed by atoms with Crippen molar-refractivity contribution in [2.24, 2.45) is 0 Å². The van der Waals surface area contributed by atoms with E-state index in [1.807, 2.05) is 0 Å². The molecule has 1 aromatic carbocycles. The normalized spacial score (nSPS) is 23.1. The van der Waals surface area contributed by atoms with E-state index in [-0.39, 0.29) is 17.9 Å². The maximum atomic E-state index is 13.9. The third kappa shape index (κ3) is 8.48. The lowest BCUT2D eigenvalue weighted by atomic mass is 9.98. The maximum Gasteiger partial charge on any atom is 0.303 e. The van der Waals surface area contributed by atoms with Crippen LogP contribution in [0.2, 0.25) is 0 Å². The number of hydrogen-bond acceptors (Lipinski definition) is 12. The molecular formula is C23H27FO12. The second-order valence-corrected chi connectivity index (χ2v) is 7.72. The van der Waals surface area contributed by atoms with Gasteiger partial charge in [-0.25, -0.2) is 4.39 Å². The molecule has 13 heteroatoms. The van der Waals surface area contributed by atoms with Crippen LogP contribution in [0.3, 0.4) is 0 Å². The van der Waals surface area contributed by atoms with Crippen LogP contribution in [0.1, 0.15) is 40.2 Å². The number of halogens is 1. The van der Waals surface area contributed by atoms with Gasteiger partial charge in [-0.05, 0) is 18.2 Å². The van der Waals surface area contributed by atoms with Gasteiger partial charge in [-0.1, -0.05) is 0 Å². The van der Waals surface area contributed by atoms with Crippen LogP contribution in [0.15, 0.2) is 18.2 Å². The average molecular weight is 514 g/mol. The van der Waals surface area contributed by atoms with E-state index in [2.05, 4.69) is 0 Å². The van der Waals surface area contributed by atoms with Crippen LogP contribution < -0.4 is 4.74 Å². The molecule has 36 heavy (non-hydrogen) atoms. The van der Waals surface area contributed by atoms with Crippen LogP contribution in [-0.2, 0) is 59.0 Å². The fourth-order valence-corrected chi connectivity index (χ4v) is 3.36. The first-order valence-electron chi connectivity index (χ1n) is 10.8. The van der Waals surface area contributed by atoms with Gasteiger partial charge in [0.25, 0.3) is 0 Å². The van der Waals surface area contributed by atoms with Crippen molar-refractivity contribution in [3.8, 4) is 5.75 Å². The number of benzene rings is 1. The summed E-state index contributed by atoms with van der Waals surface area (Å²) in [5.41, 5.74) is 0.109. The molecule has 2 rings (SSSR count). The molecule has 1 heterocycles. The predicted octanol–water partition coefficient (Wildman–Crippen LogP) is 1.35. The number of carbonyl (C=O) groups excluding carboxylic acids is 5. The third-order valence-electron chi connectivity index (χ3n) is 4.64. The smallest absolute Gasteiger partial charge is 0.303 e. The van der Waals surface area contributed by atoms with E-state index in [9.17, 15) is 28.4 Å². The Labute approximate surface area is 205 Å². The molecule has 0 aliphatic carbocycles. The van der Waals surface area contributed by atoms with Crippen molar-refractivity contribution in [2.75, 3.05) is 6.61 Å². The molecule has 0 unspecified atom stereocenters. The van der Waals surface area contributed by atoms with Gasteiger partial charge in [0.2, 0.25) is 12.4 Å². The first-order valence-corrected chi connectivity index (χ1v) is 10.8. The summed E-state index contributed by atoms with van der Waals surface area (Å²) in [6.07, 6.45) is -7.02. The number of esters is 5. The summed E-state index contributed by atoms with van der Waals surface area (Å²) >= 11 is 0. The second kappa shape index (κ2) is 12.8. The second-order valence-electron chi connectivity index (χ2n) is 7.72. The molecule has 1 saturated heterocycles. The Morgan fingerprint density at radius 2 is 1.33 bits per heavy atom. The first-order chi connectivity index (χ1) is 16.9. The van der Waals surface area contributed by atoms with Crippen LogP contribution in [-0.4, -0.2) is 67.2 Å². The summed E-state index contributed by atoms with van der Waals surface area (Å²) in [7, 11) is 0. The molecule has 0 N–H and O–H groups in total. The van der Waals surface area contributed by atoms with E-state index in [4.69, 9.17) is 33.2 Å². The summed E-state index contributed by atoms with van der Waals surface area (Å²) in [5, 5.41) is 0. The lowest BCUT2D eigenvalue weighted by molar-refractivity contribution is -0.288. The van der Waals surface area contributed by atoms with Gasteiger partial charge in [0.15, 0.2) is 12.2 Å². The highest BCUT2D eigenvalue weighted by Gasteiger charge is 2.53. The van der Waals surface area contributed by atoms with Crippen molar-refractivity contribution in [1.82, 2.24) is 0 Å². The summed E-state index contributed by atoms with van der Waals surface area (Å²) in [6, 6.07) is 3.35. The molecule has 0 bridgehead atoms. The summed E-state index contributed by atoms with van der Waals surface area (Å²) in [4.78, 5) is 58.2. The largest absolute Gasteiger partial charge is 0.463 e. The van der Waals surface area contributed by atoms with Gasteiger partial charge >= 0.3 is 29.8 Å². The Kier molecular flexibility index (Phi) is 10.1. The minimum Gasteiger partial charge on any atom is -0.463 e. The minimum atomic E-state index is -1.52. The fraction of sp³-hybridized carbons (Fsp3) is 0.522. The Morgan fingerprint density at radius 1 is 0.778 bits per heavy atom. The maximum absolute atomic E-state index is 13.9. The van der Waals surface area contributed by atoms with Gasteiger partial charge in [-0.3, -0.25) is 24.0 Å². The predicted molar refractivity (Wildman–Crippen MR) is 114 cm³/mol. The van der Waals surface area contributed by atoms with Crippen molar-refractivity contribution in [2.45, 2.75) is 71.9 Å². The highest BCUT2D eigenvalue weighted by Crippen LogP contribution is 2.32. The SMILES string of the molecule is CC(=O)OCc1cc(F)ccc1O[C@@H]1O[C@H](COC(C)=O)[C@@H](OC(C)=O)[C@H](OC(C)=O)[C@H]1OC(C)=O. The van der Waals surface area contributed by atoms with Gasteiger partial charge in [-0.2, -0.15) is 0 Å². The fourth-order valence-electron chi connectivity index (χ4n) is 3.36. The lowest BCUT2D eigenvalue weighted by Gasteiger charge is -2.44. The van der Waals surface area contributed by atoms with Crippen molar-refractivity contribution < 1.29 is 61.5 Å². The highest BCUT2D eigenvalue weighted by atomic mass is 19.1. The van der Waals surface area contributed by atoms with Crippen LogP contribution in [0, 0.1) is 5.82 Å². The number of rotatable bonds is 9. The van der Waals surface area contributed by atoms with Crippen LogP contribution in [0.4, 0.5) is 4.39 Å². The van der Waals surface area contributed by atoms with Crippen molar-refractivity contribution >= 4 is 29.8 Å². The first kappa shape index (κ1) is 28.5. The summed E-state index contributed by atoms with van der Waals surface area (Å²) < 4.78 is 51.4. The molecule has 1 aliphatic heterocycles. The minimum absolute atomic E-state index is 0.0152. The summed E-state index contributed by atoms with van der Waals surface area (Å²) in [5.74, 6) is -4.36. The highest BCUT2D eigenvalue weighted by molar-refractivity contribution is 5.69. The van der Waals surface area contributed by atoms with Gasteiger partial charge < -0.3 is 33.2 Å². The molecule has 12 nitrogen and oxygen atoms in total. The zero-order valence-corrected chi connectivity index (χ0v) is 20.3. The van der Waals surface area contributed by atoms with Crippen LogP contribution in [0.5, 0.6) is 5.75 Å². The van der Waals surface area contributed by atoms with E-state index in [0.29, 0.717) is 0 Å². The zero-order valence-electron chi connectivity index (χ0n) is 20.3. The van der Waals surface area contributed by atoms with E-state index in [0.717, 1.165) is 39.8 Å². The monoisotopic (exact) mass is 514 g/mol. The Bertz CT molecular complexity index is 993. The average Bonchev–Trinajstić information content (AvgIpc) is 2.75. The summed E-state index contributed by atoms with van der Waals surface area (Å²) in [6.45, 7) is 4.77. The van der Waals surface area contributed by atoms with Gasteiger partial charge in [0, 0.05) is 40.2 Å². The molecule has 1 aliphatic rings. The molecule has 1 aromatic rings. The van der Waals surface area contributed by atoms with Gasteiger partial charge in [-0.15, -0.1) is 0 Å². The van der Waals surface area contributed by atoms with Gasteiger partial charge in [0.1, 0.15) is 30.9 Å². The third-order valence-corrected chi connectivity index (χ3v) is 4.64. The zero-order chi connectivity index (χ0) is 27.0. The van der Waals surface area contributed by atoms with E-state index >= 15 is 0 Å². The standard InChI is InChI=1S/C23H27FO12/c1-11(25)30-9-16-8-17(24)6-7-18(16)35-23-22(34-15(5)29)21(33-14(4)28)20(32-13(3)27)19(36-23)10-31-12(2)26/h6-8,19-23H,9-10H2,1-5H3/t19-,20-,21+,22-,23-/m1/s1. The van der Waals surface area contributed by atoms with Gasteiger partial charge in [0.05, 0.1) is 0 Å². The van der Waals surface area contributed by atoms with Crippen molar-refractivity contribution in [3.63, 3.8) is 0 Å².